The quantitative estimate of drug-likeness (QED) is 0.748. The van der Waals surface area contributed by atoms with E-state index in [1.807, 2.05) is 24.3 Å². The number of rotatable bonds is 6. The average Bonchev–Trinajstić information content (AvgIpc) is 3.15. The Morgan fingerprint density at radius 3 is 2.75 bits per heavy atom. The van der Waals surface area contributed by atoms with Gasteiger partial charge >= 0.3 is 5.97 Å². The first-order valence-corrected chi connectivity index (χ1v) is 10.3. The lowest BCUT2D eigenvalue weighted by molar-refractivity contribution is -0.156. The van der Waals surface area contributed by atoms with Gasteiger partial charge in [-0.2, -0.15) is 0 Å². The Balaban J connectivity index is 1.64. The molecule has 2 amide bonds. The van der Waals surface area contributed by atoms with Gasteiger partial charge in [-0.15, -0.1) is 11.3 Å². The molecule has 1 saturated carbocycles. The number of thiazole rings is 1. The molecule has 3 rings (SSSR count). The molecule has 28 heavy (non-hydrogen) atoms. The van der Waals surface area contributed by atoms with E-state index < -0.39 is 5.91 Å². The van der Waals surface area contributed by atoms with Crippen molar-refractivity contribution in [2.45, 2.75) is 31.6 Å². The molecule has 0 aliphatic heterocycles. The van der Waals surface area contributed by atoms with Crippen LogP contribution in [0.1, 0.15) is 36.6 Å². The largest absolute Gasteiger partial charge is 0.455 e. The predicted octanol–water partition coefficient (Wildman–Crippen LogP) is 2.32. The van der Waals surface area contributed by atoms with Gasteiger partial charge in [0.1, 0.15) is 0 Å². The molecule has 0 unspecified atom stereocenters. The third kappa shape index (κ3) is 4.67. The van der Waals surface area contributed by atoms with E-state index >= 15 is 0 Å². The molecule has 1 heterocycles. The fourth-order valence-corrected chi connectivity index (χ4v) is 4.66. The van der Waals surface area contributed by atoms with Gasteiger partial charge in [-0.25, -0.2) is 4.98 Å². The van der Waals surface area contributed by atoms with Crippen LogP contribution in [0, 0.1) is 5.92 Å². The number of esters is 1. The molecule has 1 aromatic heterocycles. The van der Waals surface area contributed by atoms with Gasteiger partial charge < -0.3 is 15.0 Å². The van der Waals surface area contributed by atoms with Gasteiger partial charge in [0, 0.05) is 20.0 Å². The van der Waals surface area contributed by atoms with E-state index in [4.69, 9.17) is 9.72 Å². The third-order valence-corrected chi connectivity index (χ3v) is 6.29. The van der Waals surface area contributed by atoms with Crippen LogP contribution in [0.5, 0.6) is 0 Å². The molecule has 2 atom stereocenters. The van der Waals surface area contributed by atoms with Crippen LogP contribution in [0.2, 0.25) is 0 Å². The van der Waals surface area contributed by atoms with Gasteiger partial charge in [-0.3, -0.25) is 14.4 Å². The predicted molar refractivity (Wildman–Crippen MR) is 107 cm³/mol. The van der Waals surface area contributed by atoms with Crippen molar-refractivity contribution in [1.82, 2.24) is 15.2 Å². The van der Waals surface area contributed by atoms with Crippen LogP contribution in [0.4, 0.5) is 0 Å². The summed E-state index contributed by atoms with van der Waals surface area (Å²) >= 11 is 1.63. The summed E-state index contributed by atoms with van der Waals surface area (Å²) in [5.41, 5.74) is 0.950. The van der Waals surface area contributed by atoms with E-state index in [2.05, 4.69) is 5.32 Å². The average molecular weight is 404 g/mol. The van der Waals surface area contributed by atoms with Gasteiger partial charge in [-0.1, -0.05) is 25.0 Å². The topological polar surface area (TPSA) is 88.6 Å². The van der Waals surface area contributed by atoms with Crippen LogP contribution < -0.4 is 5.32 Å². The Labute approximate surface area is 168 Å². The summed E-state index contributed by atoms with van der Waals surface area (Å²) in [6.45, 7) is -0.417. The Morgan fingerprint density at radius 1 is 1.25 bits per heavy atom. The number of hydrogen-bond donors (Lipinski definition) is 1. The highest BCUT2D eigenvalue weighted by Gasteiger charge is 2.35. The molecule has 8 heteroatoms. The lowest BCUT2D eigenvalue weighted by Gasteiger charge is -2.28. The van der Waals surface area contributed by atoms with Crippen molar-refractivity contribution in [3.05, 3.63) is 29.3 Å². The normalized spacial score (nSPS) is 19.2. The summed E-state index contributed by atoms with van der Waals surface area (Å²) in [7, 11) is 3.02. The number of nitrogens with one attached hydrogen (secondary N) is 1. The van der Waals surface area contributed by atoms with Crippen molar-refractivity contribution in [2.24, 2.45) is 5.92 Å². The van der Waals surface area contributed by atoms with Gasteiger partial charge in [0.25, 0.3) is 5.91 Å². The Morgan fingerprint density at radius 2 is 2.00 bits per heavy atom. The van der Waals surface area contributed by atoms with Crippen molar-refractivity contribution in [3.8, 4) is 0 Å². The SMILES string of the molecule is CNC(=O)CN(C)C(=O)COC(=O)[C@H]1CCCC[C@H]1c1nc2ccccc2s1. The number of carbonyl (C=O) groups is 3. The van der Waals surface area contributed by atoms with Gasteiger partial charge in [0.15, 0.2) is 6.61 Å². The lowest BCUT2D eigenvalue weighted by atomic mass is 9.79. The maximum absolute atomic E-state index is 12.7. The minimum atomic E-state index is -0.399. The first-order valence-electron chi connectivity index (χ1n) is 9.46. The first-order chi connectivity index (χ1) is 13.5. The molecule has 0 spiro atoms. The minimum Gasteiger partial charge on any atom is -0.455 e. The summed E-state index contributed by atoms with van der Waals surface area (Å²) in [6, 6.07) is 7.96. The molecular formula is C20H25N3O4S. The van der Waals surface area contributed by atoms with Crippen molar-refractivity contribution >= 4 is 39.3 Å². The molecule has 0 bridgehead atoms. The second kappa shape index (κ2) is 9.14. The highest BCUT2D eigenvalue weighted by atomic mass is 32.1. The Kier molecular flexibility index (Phi) is 6.61. The van der Waals surface area contributed by atoms with Crippen LogP contribution in [0.15, 0.2) is 24.3 Å². The number of likely N-dealkylation sites (N-methyl/N-ethyl adjacent to an activating group) is 2. The Bertz CT molecular complexity index is 833. The smallest absolute Gasteiger partial charge is 0.310 e. The Hall–Kier alpha value is -2.48. The van der Waals surface area contributed by atoms with Gasteiger partial charge in [0.2, 0.25) is 5.91 Å². The zero-order valence-electron chi connectivity index (χ0n) is 16.1. The molecule has 1 aliphatic rings. The van der Waals surface area contributed by atoms with E-state index in [0.29, 0.717) is 0 Å². The molecule has 1 N–H and O–H groups in total. The highest BCUT2D eigenvalue weighted by Crippen LogP contribution is 2.41. The number of para-hydroxylation sites is 1. The number of benzene rings is 1. The van der Waals surface area contributed by atoms with E-state index in [9.17, 15) is 14.4 Å². The molecule has 7 nitrogen and oxygen atoms in total. The lowest BCUT2D eigenvalue weighted by Crippen LogP contribution is -2.39. The van der Waals surface area contributed by atoms with Crippen LogP contribution in [0.25, 0.3) is 10.2 Å². The van der Waals surface area contributed by atoms with Crippen LogP contribution in [0.3, 0.4) is 0 Å². The second-order valence-corrected chi connectivity index (χ2v) is 8.11. The fraction of sp³-hybridized carbons (Fsp3) is 0.500. The second-order valence-electron chi connectivity index (χ2n) is 7.05. The third-order valence-electron chi connectivity index (χ3n) is 5.12. The maximum atomic E-state index is 12.7. The number of amides is 2. The van der Waals surface area contributed by atoms with Gasteiger partial charge in [0.05, 0.1) is 27.7 Å². The molecule has 1 aliphatic carbocycles. The van der Waals surface area contributed by atoms with Crippen molar-refractivity contribution in [3.63, 3.8) is 0 Å². The number of fused-ring (bicyclic) bond motifs is 1. The molecule has 150 valence electrons. The maximum Gasteiger partial charge on any atom is 0.310 e. The zero-order chi connectivity index (χ0) is 20.1. The number of hydrogen-bond acceptors (Lipinski definition) is 6. The molecule has 0 radical (unpaired) electrons. The van der Waals surface area contributed by atoms with Crippen LogP contribution in [-0.4, -0.2) is 54.9 Å². The summed E-state index contributed by atoms with van der Waals surface area (Å²) < 4.78 is 6.43. The number of ether oxygens (including phenoxy) is 1. The molecule has 2 aromatic rings. The van der Waals surface area contributed by atoms with Gasteiger partial charge in [-0.05, 0) is 25.0 Å². The van der Waals surface area contributed by atoms with E-state index in [1.165, 1.54) is 19.0 Å². The summed E-state index contributed by atoms with van der Waals surface area (Å²) in [6.07, 6.45) is 3.65. The van der Waals surface area contributed by atoms with Crippen LogP contribution >= 0.6 is 11.3 Å². The molecule has 0 saturated heterocycles. The zero-order valence-corrected chi connectivity index (χ0v) is 17.0. The van der Waals surface area contributed by atoms with Crippen molar-refractivity contribution < 1.29 is 19.1 Å². The fourth-order valence-electron chi connectivity index (χ4n) is 3.49. The highest BCUT2D eigenvalue weighted by molar-refractivity contribution is 7.18. The summed E-state index contributed by atoms with van der Waals surface area (Å²) in [4.78, 5) is 42.2. The summed E-state index contributed by atoms with van der Waals surface area (Å²) in [5, 5.41) is 3.42. The summed E-state index contributed by atoms with van der Waals surface area (Å²) in [5.74, 6) is -1.29. The standard InChI is InChI=1S/C20H25N3O4S/c1-21-17(24)11-23(2)18(25)12-27-20(26)14-8-4-3-7-13(14)19-22-15-9-5-6-10-16(15)28-19/h5-6,9-10,13-14H,3-4,7-8,11-12H2,1-2H3,(H,21,24)/t13-,14+/m1/s1. The number of nitrogens with zero attached hydrogens (tertiary/aromatic N) is 2. The van der Waals surface area contributed by atoms with E-state index in [-0.39, 0.29) is 36.9 Å². The molecule has 1 aromatic carbocycles. The van der Waals surface area contributed by atoms with Crippen LogP contribution in [-0.2, 0) is 19.1 Å². The van der Waals surface area contributed by atoms with E-state index in [0.717, 1.165) is 40.9 Å². The number of carbonyl (C=O) groups excluding carboxylic acids is 3. The van der Waals surface area contributed by atoms with Crippen molar-refractivity contribution in [2.75, 3.05) is 27.2 Å². The molecule has 1 fully saturated rings. The van der Waals surface area contributed by atoms with E-state index in [1.54, 1.807) is 11.3 Å². The minimum absolute atomic E-state index is 0.0253. The van der Waals surface area contributed by atoms with Crippen molar-refractivity contribution in [1.29, 1.82) is 0 Å². The molecular weight excluding hydrogens is 378 g/mol. The monoisotopic (exact) mass is 403 g/mol. The number of aromatic nitrogens is 1. The first kappa shape index (κ1) is 20.3.